The fraction of sp³-hybridized carbons (Fsp3) is 0. The quantitative estimate of drug-likeness (QED) is 0.158. The molecule has 0 aliphatic carbocycles. The van der Waals surface area contributed by atoms with Crippen LogP contribution in [0.4, 0.5) is 17.1 Å². The van der Waals surface area contributed by atoms with E-state index >= 15 is 0 Å². The Kier molecular flexibility index (Phi) is 8.19. The number of hydrogen-bond acceptors (Lipinski definition) is 1. The van der Waals surface area contributed by atoms with Crippen LogP contribution in [0.5, 0.6) is 0 Å². The Hall–Kier alpha value is -7.68. The highest BCUT2D eigenvalue weighted by Gasteiger charge is 2.16. The highest BCUT2D eigenvalue weighted by Crippen LogP contribution is 2.40. The minimum Gasteiger partial charge on any atom is -0.310 e. The van der Waals surface area contributed by atoms with Gasteiger partial charge in [0.05, 0.1) is 11.0 Å². The van der Waals surface area contributed by atoms with E-state index in [1.807, 2.05) is 0 Å². The molecular formula is C56H38N2. The summed E-state index contributed by atoms with van der Waals surface area (Å²) in [6.07, 6.45) is 0. The van der Waals surface area contributed by atoms with Gasteiger partial charge in [0.15, 0.2) is 0 Å². The van der Waals surface area contributed by atoms with Gasteiger partial charge < -0.3 is 9.47 Å². The second-order valence-corrected chi connectivity index (χ2v) is 15.0. The second-order valence-electron chi connectivity index (χ2n) is 15.0. The highest BCUT2D eigenvalue weighted by atomic mass is 15.1. The molecule has 2 heteroatoms. The summed E-state index contributed by atoms with van der Waals surface area (Å²) in [6.45, 7) is 0. The normalized spacial score (nSPS) is 11.4. The first kappa shape index (κ1) is 33.6. The van der Waals surface area contributed by atoms with E-state index in [1.165, 1.54) is 76.7 Å². The molecule has 2 nitrogen and oxygen atoms in total. The van der Waals surface area contributed by atoms with Crippen LogP contribution in [-0.4, -0.2) is 4.57 Å². The molecule has 11 aromatic rings. The molecule has 0 atom stereocenters. The monoisotopic (exact) mass is 738 g/mol. The largest absolute Gasteiger partial charge is 0.310 e. The molecule has 11 rings (SSSR count). The molecule has 0 saturated carbocycles. The Labute approximate surface area is 338 Å². The molecule has 0 aliphatic rings. The molecule has 0 fully saturated rings. The van der Waals surface area contributed by atoms with Crippen LogP contribution in [0.25, 0.3) is 82.4 Å². The Balaban J connectivity index is 0.954. The maximum Gasteiger partial charge on any atom is 0.0547 e. The van der Waals surface area contributed by atoms with Gasteiger partial charge in [0.2, 0.25) is 0 Å². The third-order valence-electron chi connectivity index (χ3n) is 11.5. The zero-order valence-corrected chi connectivity index (χ0v) is 31.8. The topological polar surface area (TPSA) is 8.17 Å². The summed E-state index contributed by atoms with van der Waals surface area (Å²) in [4.78, 5) is 2.37. The van der Waals surface area contributed by atoms with Crippen molar-refractivity contribution < 1.29 is 0 Å². The number of aromatic nitrogens is 1. The lowest BCUT2D eigenvalue weighted by atomic mass is 10.00. The SMILES string of the molecule is c1ccc(-c2ccc(N(c3cccc(-c4ccccc4)c3)c3ccc4cc(-c5ccc(-n6c7ccccc7c7cc8ccccc8cc76)cc5)ccc4c3)cc2)cc1. The van der Waals surface area contributed by atoms with Crippen LogP contribution < -0.4 is 4.90 Å². The van der Waals surface area contributed by atoms with Crippen LogP contribution in [0.15, 0.2) is 231 Å². The summed E-state index contributed by atoms with van der Waals surface area (Å²) in [5, 5.41) is 7.46. The van der Waals surface area contributed by atoms with Crippen molar-refractivity contribution in [2.24, 2.45) is 0 Å². The van der Waals surface area contributed by atoms with E-state index in [0.29, 0.717) is 0 Å². The van der Waals surface area contributed by atoms with Gasteiger partial charge in [-0.25, -0.2) is 0 Å². The molecule has 0 bridgehead atoms. The van der Waals surface area contributed by atoms with E-state index in [4.69, 9.17) is 0 Å². The first-order chi connectivity index (χ1) is 28.7. The fourth-order valence-electron chi connectivity index (χ4n) is 8.62. The number of para-hydroxylation sites is 1. The molecule has 272 valence electrons. The smallest absolute Gasteiger partial charge is 0.0547 e. The molecule has 0 amide bonds. The van der Waals surface area contributed by atoms with E-state index in [2.05, 4.69) is 240 Å². The standard InChI is InChI=1S/C56H38N2/c1-3-12-39(13-4-1)41-24-29-49(30-25-41)57(51-19-11-18-43(35-51)40-14-5-2-6-15-40)52-33-28-47-34-46(22-23-48(47)36-52)42-26-31-50(32-27-42)58-55-21-10-9-20-53(55)54-37-44-16-7-8-17-45(44)38-56(54)58/h1-38H. The molecule has 0 N–H and O–H groups in total. The number of nitrogens with zero attached hydrogens (tertiary/aromatic N) is 2. The molecule has 0 aliphatic heterocycles. The number of rotatable bonds is 7. The van der Waals surface area contributed by atoms with E-state index in [1.54, 1.807) is 0 Å². The van der Waals surface area contributed by atoms with Crippen molar-refractivity contribution in [3.8, 4) is 39.1 Å². The number of hydrogen-bond donors (Lipinski definition) is 0. The predicted octanol–water partition coefficient (Wildman–Crippen LogP) is 15.6. The van der Waals surface area contributed by atoms with E-state index in [-0.39, 0.29) is 0 Å². The van der Waals surface area contributed by atoms with Gasteiger partial charge in [0.1, 0.15) is 0 Å². The highest BCUT2D eigenvalue weighted by molar-refractivity contribution is 6.13. The molecule has 0 unspecified atom stereocenters. The van der Waals surface area contributed by atoms with Gasteiger partial charge >= 0.3 is 0 Å². The molecule has 10 aromatic carbocycles. The zero-order valence-electron chi connectivity index (χ0n) is 31.8. The lowest BCUT2D eigenvalue weighted by Gasteiger charge is -2.26. The molecule has 58 heavy (non-hydrogen) atoms. The van der Waals surface area contributed by atoms with Gasteiger partial charge in [-0.15, -0.1) is 0 Å². The minimum absolute atomic E-state index is 1.11. The summed E-state index contributed by atoms with van der Waals surface area (Å²) < 4.78 is 2.40. The lowest BCUT2D eigenvalue weighted by Crippen LogP contribution is -2.10. The minimum atomic E-state index is 1.11. The Morgan fingerprint density at radius 2 is 0.759 bits per heavy atom. The van der Waals surface area contributed by atoms with Crippen molar-refractivity contribution in [3.05, 3.63) is 231 Å². The van der Waals surface area contributed by atoms with Crippen molar-refractivity contribution in [1.82, 2.24) is 4.57 Å². The Morgan fingerprint density at radius 3 is 1.53 bits per heavy atom. The van der Waals surface area contributed by atoms with Crippen molar-refractivity contribution in [3.63, 3.8) is 0 Å². The van der Waals surface area contributed by atoms with Crippen molar-refractivity contribution >= 4 is 60.4 Å². The van der Waals surface area contributed by atoms with Gasteiger partial charge in [-0.1, -0.05) is 158 Å². The van der Waals surface area contributed by atoms with E-state index in [0.717, 1.165) is 22.7 Å². The predicted molar refractivity (Wildman–Crippen MR) is 247 cm³/mol. The maximum absolute atomic E-state index is 2.40. The average molecular weight is 739 g/mol. The van der Waals surface area contributed by atoms with Gasteiger partial charge in [-0.05, 0) is 128 Å². The van der Waals surface area contributed by atoms with Gasteiger partial charge in [-0.2, -0.15) is 0 Å². The first-order valence-corrected chi connectivity index (χ1v) is 19.9. The first-order valence-electron chi connectivity index (χ1n) is 19.9. The lowest BCUT2D eigenvalue weighted by molar-refractivity contribution is 1.18. The van der Waals surface area contributed by atoms with Crippen LogP contribution in [0.3, 0.4) is 0 Å². The van der Waals surface area contributed by atoms with Gasteiger partial charge in [0, 0.05) is 33.5 Å². The van der Waals surface area contributed by atoms with E-state index < -0.39 is 0 Å². The molecule has 1 aromatic heterocycles. The molecule has 0 spiro atoms. The van der Waals surface area contributed by atoms with Gasteiger partial charge in [0.25, 0.3) is 0 Å². The summed E-state index contributed by atoms with van der Waals surface area (Å²) in [5.74, 6) is 0. The number of fused-ring (bicyclic) bond motifs is 5. The van der Waals surface area contributed by atoms with Crippen molar-refractivity contribution in [2.75, 3.05) is 4.90 Å². The van der Waals surface area contributed by atoms with Crippen molar-refractivity contribution in [2.45, 2.75) is 0 Å². The summed E-state index contributed by atoms with van der Waals surface area (Å²) in [5.41, 5.74) is 14.1. The fourth-order valence-corrected chi connectivity index (χ4v) is 8.62. The summed E-state index contributed by atoms with van der Waals surface area (Å²) >= 11 is 0. The third-order valence-corrected chi connectivity index (χ3v) is 11.5. The van der Waals surface area contributed by atoms with Crippen LogP contribution in [-0.2, 0) is 0 Å². The van der Waals surface area contributed by atoms with Gasteiger partial charge in [-0.3, -0.25) is 0 Å². The Morgan fingerprint density at radius 1 is 0.259 bits per heavy atom. The van der Waals surface area contributed by atoms with E-state index in [9.17, 15) is 0 Å². The maximum atomic E-state index is 2.40. The van der Waals surface area contributed by atoms with Crippen LogP contribution in [0.2, 0.25) is 0 Å². The molecule has 0 saturated heterocycles. The molecule has 0 radical (unpaired) electrons. The van der Waals surface area contributed by atoms with Crippen LogP contribution in [0.1, 0.15) is 0 Å². The summed E-state index contributed by atoms with van der Waals surface area (Å²) in [7, 11) is 0. The Bertz CT molecular complexity index is 3250. The number of benzene rings is 10. The average Bonchev–Trinajstić information content (AvgIpc) is 3.62. The zero-order chi connectivity index (χ0) is 38.4. The number of anilines is 3. The second kappa shape index (κ2) is 14.1. The van der Waals surface area contributed by atoms with Crippen molar-refractivity contribution in [1.29, 1.82) is 0 Å². The molecular weight excluding hydrogens is 701 g/mol. The third kappa shape index (κ3) is 6.00. The van der Waals surface area contributed by atoms with Crippen LogP contribution in [0, 0.1) is 0 Å². The summed E-state index contributed by atoms with van der Waals surface area (Å²) in [6, 6.07) is 83.6. The molecule has 1 heterocycles. The van der Waals surface area contributed by atoms with Crippen LogP contribution >= 0.6 is 0 Å².